The molecule has 0 atom stereocenters. The van der Waals surface area contributed by atoms with Crippen molar-refractivity contribution in [1.82, 2.24) is 0 Å². The number of non-ortho nitro benzene ring substituents is 1. The molecule has 0 radical (unpaired) electrons. The molecule has 0 aliphatic heterocycles. The van der Waals surface area contributed by atoms with Gasteiger partial charge in [-0.05, 0) is 43.2 Å². The van der Waals surface area contributed by atoms with Crippen LogP contribution < -0.4 is 15.7 Å². The first-order valence-electron chi connectivity index (χ1n) is 8.06. The number of anilines is 1. The lowest BCUT2D eigenvalue weighted by molar-refractivity contribution is -0.384. The topological polar surface area (TPSA) is 112 Å². The van der Waals surface area contributed by atoms with E-state index in [9.17, 15) is 19.7 Å². The summed E-state index contributed by atoms with van der Waals surface area (Å²) in [5, 5.41) is 14.2. The molecule has 8 heteroatoms. The van der Waals surface area contributed by atoms with Crippen LogP contribution in [0, 0.1) is 24.0 Å². The molecule has 0 unspecified atom stereocenters. The number of aryl methyl sites for hydroxylation is 2. The number of nitro benzene ring substituents is 1. The zero-order valence-corrected chi connectivity index (χ0v) is 14.6. The molecule has 0 aliphatic rings. The van der Waals surface area contributed by atoms with Gasteiger partial charge < -0.3 is 14.5 Å². The fraction of sp³-hybridized carbons (Fsp3) is 0.158. The van der Waals surface area contributed by atoms with Crippen LogP contribution in [0.5, 0.6) is 5.75 Å². The first-order valence-corrected chi connectivity index (χ1v) is 8.06. The maximum absolute atomic E-state index is 12.1. The minimum atomic E-state index is -0.498. The Hall–Kier alpha value is -3.68. The summed E-state index contributed by atoms with van der Waals surface area (Å²) in [6.45, 7) is 3.20. The van der Waals surface area contributed by atoms with E-state index in [0.29, 0.717) is 22.6 Å². The van der Waals surface area contributed by atoms with Crippen LogP contribution >= 0.6 is 0 Å². The van der Waals surface area contributed by atoms with Crippen LogP contribution in [0.15, 0.2) is 51.7 Å². The van der Waals surface area contributed by atoms with E-state index >= 15 is 0 Å². The Balaban J connectivity index is 1.68. The molecule has 2 aromatic carbocycles. The highest BCUT2D eigenvalue weighted by Gasteiger charge is 2.11. The molecule has 0 bridgehead atoms. The standard InChI is InChI=1S/C19H16N2O6/c1-11-8-19(23)27-17-9-14(4-5-15(11)17)26-10-18(22)20-16-6-3-13(21(24)25)7-12(16)2/h3-9H,10H2,1-2H3,(H,20,22). The molecule has 0 aliphatic carbocycles. The molecule has 0 fully saturated rings. The molecule has 3 rings (SSSR count). The summed E-state index contributed by atoms with van der Waals surface area (Å²) >= 11 is 0. The van der Waals surface area contributed by atoms with Crippen molar-refractivity contribution in [3.63, 3.8) is 0 Å². The average Bonchev–Trinajstić information content (AvgIpc) is 2.61. The van der Waals surface area contributed by atoms with Crippen LogP contribution in [-0.2, 0) is 4.79 Å². The van der Waals surface area contributed by atoms with Gasteiger partial charge in [0.15, 0.2) is 6.61 Å². The van der Waals surface area contributed by atoms with Crippen LogP contribution in [0.1, 0.15) is 11.1 Å². The second kappa shape index (κ2) is 7.28. The van der Waals surface area contributed by atoms with Gasteiger partial charge in [-0.1, -0.05) is 0 Å². The summed E-state index contributed by atoms with van der Waals surface area (Å²) in [5.41, 5.74) is 1.70. The maximum atomic E-state index is 12.1. The molecule has 1 N–H and O–H groups in total. The van der Waals surface area contributed by atoms with E-state index in [0.717, 1.165) is 10.9 Å². The smallest absolute Gasteiger partial charge is 0.336 e. The number of nitro groups is 1. The number of hydrogen-bond acceptors (Lipinski definition) is 6. The van der Waals surface area contributed by atoms with E-state index in [1.54, 1.807) is 32.0 Å². The molecule has 1 heterocycles. The van der Waals surface area contributed by atoms with Crippen LogP contribution in [0.3, 0.4) is 0 Å². The number of ether oxygens (including phenoxy) is 1. The second-order valence-electron chi connectivity index (χ2n) is 6.00. The molecule has 0 saturated carbocycles. The Bertz CT molecular complexity index is 1100. The van der Waals surface area contributed by atoms with Gasteiger partial charge in [0.25, 0.3) is 11.6 Å². The molecule has 0 spiro atoms. The lowest BCUT2D eigenvalue weighted by Crippen LogP contribution is -2.20. The zero-order valence-electron chi connectivity index (χ0n) is 14.6. The summed E-state index contributed by atoms with van der Waals surface area (Å²) in [4.78, 5) is 33.8. The Morgan fingerprint density at radius 3 is 2.63 bits per heavy atom. The third-order valence-corrected chi connectivity index (χ3v) is 3.99. The van der Waals surface area contributed by atoms with Crippen LogP contribution in [0.2, 0.25) is 0 Å². The molecular weight excluding hydrogens is 352 g/mol. The molecule has 8 nitrogen and oxygen atoms in total. The minimum absolute atomic E-state index is 0.0466. The summed E-state index contributed by atoms with van der Waals surface area (Å²) in [5.74, 6) is -0.0374. The highest BCUT2D eigenvalue weighted by molar-refractivity contribution is 5.92. The van der Waals surface area contributed by atoms with Gasteiger partial charge in [-0.3, -0.25) is 14.9 Å². The third-order valence-electron chi connectivity index (χ3n) is 3.99. The van der Waals surface area contributed by atoms with Crippen molar-refractivity contribution in [3.05, 3.63) is 74.1 Å². The molecular formula is C19H16N2O6. The predicted octanol–water partition coefficient (Wildman–Crippen LogP) is 3.34. The fourth-order valence-electron chi connectivity index (χ4n) is 2.63. The summed E-state index contributed by atoms with van der Waals surface area (Å²) in [6.07, 6.45) is 0. The predicted molar refractivity (Wildman–Crippen MR) is 99.2 cm³/mol. The molecule has 27 heavy (non-hydrogen) atoms. The number of nitrogens with zero attached hydrogens (tertiary/aromatic N) is 1. The van der Waals surface area contributed by atoms with E-state index in [1.807, 2.05) is 0 Å². The van der Waals surface area contributed by atoms with Crippen molar-refractivity contribution in [2.45, 2.75) is 13.8 Å². The van der Waals surface area contributed by atoms with E-state index in [4.69, 9.17) is 9.15 Å². The quantitative estimate of drug-likeness (QED) is 0.420. The van der Waals surface area contributed by atoms with Gasteiger partial charge in [-0.15, -0.1) is 0 Å². The van der Waals surface area contributed by atoms with Crippen molar-refractivity contribution < 1.29 is 18.9 Å². The average molecular weight is 368 g/mol. The number of hydrogen-bond donors (Lipinski definition) is 1. The Kier molecular flexibility index (Phi) is 4.89. The fourth-order valence-corrected chi connectivity index (χ4v) is 2.63. The van der Waals surface area contributed by atoms with Crippen molar-refractivity contribution in [2.24, 2.45) is 0 Å². The lowest BCUT2D eigenvalue weighted by atomic mass is 10.1. The first kappa shape index (κ1) is 18.1. The number of rotatable bonds is 5. The van der Waals surface area contributed by atoms with Crippen molar-refractivity contribution in [3.8, 4) is 5.75 Å². The zero-order chi connectivity index (χ0) is 19.6. The molecule has 3 aromatic rings. The van der Waals surface area contributed by atoms with Gasteiger partial charge in [-0.2, -0.15) is 0 Å². The molecule has 1 amide bonds. The number of fused-ring (bicyclic) bond motifs is 1. The third kappa shape index (κ3) is 4.12. The summed E-state index contributed by atoms with van der Waals surface area (Å²) < 4.78 is 10.6. The van der Waals surface area contributed by atoms with E-state index in [1.165, 1.54) is 24.3 Å². The van der Waals surface area contributed by atoms with Crippen molar-refractivity contribution >= 4 is 28.3 Å². The number of carbonyl (C=O) groups is 1. The van der Waals surface area contributed by atoms with Crippen molar-refractivity contribution in [1.29, 1.82) is 0 Å². The van der Waals surface area contributed by atoms with Crippen LogP contribution in [-0.4, -0.2) is 17.4 Å². The van der Waals surface area contributed by atoms with Gasteiger partial charge in [0.2, 0.25) is 0 Å². The van der Waals surface area contributed by atoms with E-state index in [-0.39, 0.29) is 12.3 Å². The molecule has 0 saturated heterocycles. The Morgan fingerprint density at radius 1 is 1.15 bits per heavy atom. The summed E-state index contributed by atoms with van der Waals surface area (Å²) in [6, 6.07) is 10.6. The monoisotopic (exact) mass is 368 g/mol. The number of amides is 1. The summed E-state index contributed by atoms with van der Waals surface area (Å²) in [7, 11) is 0. The normalized spacial score (nSPS) is 10.6. The first-order chi connectivity index (χ1) is 12.8. The van der Waals surface area contributed by atoms with E-state index < -0.39 is 16.5 Å². The Labute approximate surface area is 153 Å². The van der Waals surface area contributed by atoms with Gasteiger partial charge >= 0.3 is 5.63 Å². The highest BCUT2D eigenvalue weighted by Crippen LogP contribution is 2.23. The number of benzene rings is 2. The highest BCUT2D eigenvalue weighted by atomic mass is 16.6. The largest absolute Gasteiger partial charge is 0.484 e. The lowest BCUT2D eigenvalue weighted by Gasteiger charge is -2.10. The van der Waals surface area contributed by atoms with Gasteiger partial charge in [0.1, 0.15) is 11.3 Å². The maximum Gasteiger partial charge on any atom is 0.336 e. The SMILES string of the molecule is Cc1cc([N+](=O)[O-])ccc1NC(=O)COc1ccc2c(C)cc(=O)oc2c1. The van der Waals surface area contributed by atoms with Crippen molar-refractivity contribution in [2.75, 3.05) is 11.9 Å². The van der Waals surface area contributed by atoms with Gasteiger partial charge in [0, 0.05) is 35.3 Å². The van der Waals surface area contributed by atoms with Gasteiger partial charge in [0.05, 0.1) is 4.92 Å². The number of carbonyl (C=O) groups excluding carboxylic acids is 1. The molecule has 1 aromatic heterocycles. The Morgan fingerprint density at radius 2 is 1.93 bits per heavy atom. The van der Waals surface area contributed by atoms with Gasteiger partial charge in [-0.25, -0.2) is 4.79 Å². The van der Waals surface area contributed by atoms with Crippen LogP contribution in [0.25, 0.3) is 11.0 Å². The number of nitrogens with one attached hydrogen (secondary N) is 1. The second-order valence-corrected chi connectivity index (χ2v) is 6.00. The van der Waals surface area contributed by atoms with Crippen LogP contribution in [0.4, 0.5) is 11.4 Å². The molecule has 138 valence electrons. The minimum Gasteiger partial charge on any atom is -0.484 e. The van der Waals surface area contributed by atoms with E-state index in [2.05, 4.69) is 5.32 Å².